The van der Waals surface area contributed by atoms with Crippen molar-refractivity contribution >= 4 is 29.0 Å². The monoisotopic (exact) mass is 532 g/mol. The van der Waals surface area contributed by atoms with Crippen molar-refractivity contribution in [1.82, 2.24) is 0 Å². The van der Waals surface area contributed by atoms with Crippen molar-refractivity contribution in [2.75, 3.05) is 43.3 Å². The quantitative estimate of drug-likeness (QED) is 0.408. The lowest BCUT2D eigenvalue weighted by molar-refractivity contribution is -0.115. The fourth-order valence-electron chi connectivity index (χ4n) is 5.35. The van der Waals surface area contributed by atoms with Crippen LogP contribution in [0.15, 0.2) is 60.7 Å². The summed E-state index contributed by atoms with van der Waals surface area (Å²) >= 11 is 0. The first-order valence-electron chi connectivity index (χ1n) is 12.3. The Morgan fingerprint density at radius 2 is 1.74 bits per heavy atom. The molecule has 2 N–H and O–H groups in total. The van der Waals surface area contributed by atoms with E-state index in [2.05, 4.69) is 19.2 Å². The van der Waals surface area contributed by atoms with Gasteiger partial charge in [0.25, 0.3) is 0 Å². The molecule has 39 heavy (non-hydrogen) atoms. The average Bonchev–Trinajstić information content (AvgIpc) is 3.10. The summed E-state index contributed by atoms with van der Waals surface area (Å²) in [5, 5.41) is 23.8. The van der Waals surface area contributed by atoms with Gasteiger partial charge in [-0.3, -0.25) is 10.0 Å². The minimum atomic E-state index is -1.11. The first kappa shape index (κ1) is 26.2. The average molecular weight is 533 g/mol. The number of benzene rings is 3. The highest BCUT2D eigenvalue weighted by Crippen LogP contribution is 2.56. The maximum absolute atomic E-state index is 13.5. The van der Waals surface area contributed by atoms with Gasteiger partial charge in [-0.05, 0) is 43.7 Å². The Bertz CT molecular complexity index is 1430. The lowest BCUT2D eigenvalue weighted by Gasteiger charge is -2.47. The molecule has 0 radical (unpaired) electrons. The Balaban J connectivity index is 1.55. The molecule has 0 aliphatic carbocycles. The summed E-state index contributed by atoms with van der Waals surface area (Å²) in [5.41, 5.74) is 1.23. The fraction of sp³-hybridized carbons (Fsp3) is 0.276. The van der Waals surface area contributed by atoms with Gasteiger partial charge in [-0.2, -0.15) is 0 Å². The van der Waals surface area contributed by atoms with Crippen LogP contribution in [-0.4, -0.2) is 44.7 Å². The molecule has 1 atom stereocenters. The minimum Gasteiger partial charge on any atom is -0.733 e. The van der Waals surface area contributed by atoms with Crippen molar-refractivity contribution < 1.29 is 28.9 Å². The smallest absolute Gasteiger partial charge is 0.244 e. The molecular weight excluding hydrogens is 502 g/mol. The van der Waals surface area contributed by atoms with Crippen LogP contribution >= 0.6 is 0 Å². The second-order valence-corrected chi connectivity index (χ2v) is 9.85. The molecule has 1 amide bonds. The van der Waals surface area contributed by atoms with E-state index in [4.69, 9.17) is 18.9 Å². The highest BCUT2D eigenvalue weighted by Gasteiger charge is 2.59. The predicted molar refractivity (Wildman–Crippen MR) is 148 cm³/mol. The van der Waals surface area contributed by atoms with Crippen molar-refractivity contribution in [2.45, 2.75) is 25.0 Å². The van der Waals surface area contributed by atoms with Gasteiger partial charge in [-0.15, -0.1) is 0 Å². The third kappa shape index (κ3) is 4.27. The first-order valence-corrected chi connectivity index (χ1v) is 12.3. The molecule has 0 fully saturated rings. The fourth-order valence-corrected chi connectivity index (χ4v) is 5.35. The van der Waals surface area contributed by atoms with Crippen molar-refractivity contribution in [2.24, 2.45) is 0 Å². The topological polar surface area (TPSA) is 116 Å². The van der Waals surface area contributed by atoms with Crippen LogP contribution in [0.3, 0.4) is 0 Å². The molecule has 0 bridgehead atoms. The molecule has 5 rings (SSSR count). The van der Waals surface area contributed by atoms with Gasteiger partial charge >= 0.3 is 0 Å². The lowest BCUT2D eigenvalue weighted by atomic mass is 9.76. The van der Waals surface area contributed by atoms with Crippen LogP contribution < -0.4 is 34.4 Å². The van der Waals surface area contributed by atoms with Gasteiger partial charge in [0, 0.05) is 41.2 Å². The summed E-state index contributed by atoms with van der Waals surface area (Å²) in [6.07, 6.45) is 3.70. The Labute approximate surface area is 226 Å². The van der Waals surface area contributed by atoms with E-state index in [1.54, 1.807) is 32.4 Å². The van der Waals surface area contributed by atoms with Crippen LogP contribution in [0.4, 0.5) is 17.1 Å². The number of carbonyl (C=O) groups excluding carboxylic acids is 1. The summed E-state index contributed by atoms with van der Waals surface area (Å²) in [5.74, 6) is 1.50. The number of ether oxygens (including phenoxy) is 4. The molecule has 1 spiro atoms. The Kier molecular flexibility index (Phi) is 6.53. The van der Waals surface area contributed by atoms with Crippen molar-refractivity contribution in [3.8, 4) is 23.0 Å². The van der Waals surface area contributed by atoms with Crippen molar-refractivity contribution in [3.05, 3.63) is 77.0 Å². The zero-order chi connectivity index (χ0) is 27.9. The number of carbonyl (C=O) groups is 1. The Morgan fingerprint density at radius 1 is 1.05 bits per heavy atom. The summed E-state index contributed by atoms with van der Waals surface area (Å²) in [6, 6.07) is 15.9. The summed E-state index contributed by atoms with van der Waals surface area (Å²) in [6.45, 7) is 4.07. The maximum atomic E-state index is 13.5. The van der Waals surface area contributed by atoms with Gasteiger partial charge in [0.15, 0.2) is 11.5 Å². The number of methoxy groups -OCH3 is 3. The Hall–Kier alpha value is -4.41. The SMILES string of the molecule is COc1cc(NC(=O)CN2c3ccccc3C(C)(C)C23C=Cc2cc(N([O-])O)cc(OC)c2O3)cc(OC)c1. The molecule has 0 saturated carbocycles. The number of hydrogen-bond acceptors (Lipinski definition) is 9. The van der Waals surface area contributed by atoms with E-state index in [9.17, 15) is 15.2 Å². The van der Waals surface area contributed by atoms with E-state index in [1.807, 2.05) is 41.3 Å². The number of para-hydroxylation sites is 1. The molecule has 1 unspecified atom stereocenters. The van der Waals surface area contributed by atoms with E-state index < -0.39 is 11.1 Å². The molecular formula is C29H30N3O7-. The second kappa shape index (κ2) is 9.72. The van der Waals surface area contributed by atoms with Gasteiger partial charge in [0.1, 0.15) is 18.0 Å². The molecule has 0 saturated heterocycles. The van der Waals surface area contributed by atoms with Crippen LogP contribution in [0.2, 0.25) is 0 Å². The van der Waals surface area contributed by atoms with Crippen LogP contribution in [0.1, 0.15) is 25.0 Å². The zero-order valence-electron chi connectivity index (χ0n) is 22.3. The number of amides is 1. The van der Waals surface area contributed by atoms with Gasteiger partial charge in [-0.25, -0.2) is 0 Å². The Morgan fingerprint density at radius 3 is 2.38 bits per heavy atom. The molecule has 2 heterocycles. The van der Waals surface area contributed by atoms with Crippen molar-refractivity contribution in [3.63, 3.8) is 0 Å². The van der Waals surface area contributed by atoms with Crippen molar-refractivity contribution in [1.29, 1.82) is 0 Å². The van der Waals surface area contributed by atoms with E-state index >= 15 is 0 Å². The van der Waals surface area contributed by atoms with Gasteiger partial charge in [-0.1, -0.05) is 18.2 Å². The number of nitrogens with one attached hydrogen (secondary N) is 1. The third-order valence-corrected chi connectivity index (χ3v) is 7.36. The number of hydrogen-bond donors (Lipinski definition) is 2. The first-order chi connectivity index (χ1) is 18.6. The maximum Gasteiger partial charge on any atom is 0.244 e. The molecule has 10 nitrogen and oxygen atoms in total. The standard InChI is InChI=1S/C29H30N3O7/c1-28(2)23-8-6-7-9-24(23)31(17-26(33)30-19-13-21(36-3)16-22(14-19)37-4)29(28)11-10-18-12-20(32(34)35)15-25(38-5)27(18)39-29/h6-16,34H,17H2,1-5H3,(H,30,33)/q-1. The summed E-state index contributed by atoms with van der Waals surface area (Å²) in [7, 11) is 4.55. The molecule has 10 heteroatoms. The third-order valence-electron chi connectivity index (χ3n) is 7.36. The summed E-state index contributed by atoms with van der Waals surface area (Å²) < 4.78 is 23.0. The highest BCUT2D eigenvalue weighted by molar-refractivity contribution is 5.95. The molecule has 2 aliphatic rings. The molecule has 3 aromatic rings. The zero-order valence-corrected chi connectivity index (χ0v) is 22.3. The number of rotatable bonds is 7. The van der Waals surface area contributed by atoms with E-state index in [1.165, 1.54) is 19.2 Å². The van der Waals surface area contributed by atoms with E-state index in [-0.39, 0.29) is 29.1 Å². The van der Waals surface area contributed by atoms with Gasteiger partial charge in [0.2, 0.25) is 11.6 Å². The predicted octanol–water partition coefficient (Wildman–Crippen LogP) is 4.94. The van der Waals surface area contributed by atoms with Crippen LogP contribution in [0, 0.1) is 5.21 Å². The van der Waals surface area contributed by atoms with Gasteiger partial charge < -0.3 is 39.6 Å². The largest absolute Gasteiger partial charge is 0.733 e. The molecule has 3 aromatic carbocycles. The number of nitrogens with zero attached hydrogens (tertiary/aromatic N) is 2. The molecule has 0 aromatic heterocycles. The highest BCUT2D eigenvalue weighted by atomic mass is 16.8. The minimum absolute atomic E-state index is 0.00807. The van der Waals surface area contributed by atoms with Crippen LogP contribution in [-0.2, 0) is 10.2 Å². The summed E-state index contributed by atoms with van der Waals surface area (Å²) in [4.78, 5) is 15.4. The number of anilines is 3. The molecule has 204 valence electrons. The second-order valence-electron chi connectivity index (χ2n) is 9.85. The lowest BCUT2D eigenvalue weighted by Crippen LogP contribution is -2.61. The van der Waals surface area contributed by atoms with Crippen LogP contribution in [0.5, 0.6) is 23.0 Å². The normalized spacial score (nSPS) is 18.2. The van der Waals surface area contributed by atoms with Crippen LogP contribution in [0.25, 0.3) is 6.08 Å². The van der Waals surface area contributed by atoms with E-state index in [0.29, 0.717) is 28.5 Å². The molecule has 2 aliphatic heterocycles. The number of fused-ring (bicyclic) bond motifs is 2. The van der Waals surface area contributed by atoms with Gasteiger partial charge in [0.05, 0.1) is 32.4 Å². The van der Waals surface area contributed by atoms with E-state index in [0.717, 1.165) is 11.3 Å².